The highest BCUT2D eigenvalue weighted by molar-refractivity contribution is 9.11. The number of hydrogen-bond donors (Lipinski definition) is 2. The van der Waals surface area contributed by atoms with E-state index in [1.807, 2.05) is 6.07 Å². The summed E-state index contributed by atoms with van der Waals surface area (Å²) in [6, 6.07) is 5.25. The zero-order valence-electron chi connectivity index (χ0n) is 8.87. The summed E-state index contributed by atoms with van der Waals surface area (Å²) < 4.78 is 1.62. The van der Waals surface area contributed by atoms with Gasteiger partial charge in [-0.1, -0.05) is 31.9 Å². The summed E-state index contributed by atoms with van der Waals surface area (Å²) in [5.41, 5.74) is 0.529. The lowest BCUT2D eigenvalue weighted by Crippen LogP contribution is -2.24. The van der Waals surface area contributed by atoms with Crippen molar-refractivity contribution in [3.05, 3.63) is 32.7 Å². The van der Waals surface area contributed by atoms with Crippen molar-refractivity contribution in [2.45, 2.75) is 12.8 Å². The van der Waals surface area contributed by atoms with Crippen LogP contribution in [0.1, 0.15) is 23.2 Å². The van der Waals surface area contributed by atoms with Gasteiger partial charge in [-0.15, -0.1) is 0 Å². The predicted molar refractivity (Wildman–Crippen MR) is 71.0 cm³/mol. The van der Waals surface area contributed by atoms with Gasteiger partial charge in [-0.25, -0.2) is 0 Å². The van der Waals surface area contributed by atoms with Gasteiger partial charge in [0.2, 0.25) is 0 Å². The van der Waals surface area contributed by atoms with Crippen LogP contribution in [-0.2, 0) is 4.79 Å². The van der Waals surface area contributed by atoms with E-state index in [2.05, 4.69) is 37.2 Å². The molecule has 0 aliphatic carbocycles. The zero-order valence-corrected chi connectivity index (χ0v) is 12.0. The molecule has 0 atom stereocenters. The van der Waals surface area contributed by atoms with E-state index in [1.165, 1.54) is 0 Å². The molecule has 6 heteroatoms. The van der Waals surface area contributed by atoms with Gasteiger partial charge in [0.25, 0.3) is 5.91 Å². The molecule has 1 aromatic carbocycles. The average molecular weight is 365 g/mol. The maximum Gasteiger partial charge on any atom is 0.303 e. The lowest BCUT2D eigenvalue weighted by Gasteiger charge is -2.05. The molecule has 17 heavy (non-hydrogen) atoms. The molecule has 92 valence electrons. The molecule has 0 radical (unpaired) electrons. The first-order chi connectivity index (χ1) is 7.99. The lowest BCUT2D eigenvalue weighted by molar-refractivity contribution is -0.137. The predicted octanol–water partition coefficient (Wildman–Crippen LogP) is 2.81. The number of carbonyl (C=O) groups is 2. The van der Waals surface area contributed by atoms with Gasteiger partial charge in [0, 0.05) is 27.5 Å². The first-order valence-electron chi connectivity index (χ1n) is 4.95. The third-order valence-corrected chi connectivity index (χ3v) is 2.89. The Balaban J connectivity index is 2.49. The molecule has 0 heterocycles. The molecule has 0 spiro atoms. The molecule has 0 aliphatic heterocycles. The summed E-state index contributed by atoms with van der Waals surface area (Å²) in [4.78, 5) is 22.0. The number of benzene rings is 1. The molecule has 0 unspecified atom stereocenters. The average Bonchev–Trinajstić information content (AvgIpc) is 2.22. The van der Waals surface area contributed by atoms with Crippen LogP contribution in [0.5, 0.6) is 0 Å². The third-order valence-electron chi connectivity index (χ3n) is 1.98. The summed E-state index contributed by atoms with van der Waals surface area (Å²) >= 11 is 6.59. The molecular weight excluding hydrogens is 354 g/mol. The van der Waals surface area contributed by atoms with E-state index < -0.39 is 5.97 Å². The normalized spacial score (nSPS) is 10.0. The first kappa shape index (κ1) is 14.2. The van der Waals surface area contributed by atoms with Gasteiger partial charge in [0.05, 0.1) is 0 Å². The van der Waals surface area contributed by atoms with Gasteiger partial charge in [0.15, 0.2) is 0 Å². The number of aliphatic carboxylic acids is 1. The molecule has 1 amide bonds. The summed E-state index contributed by atoms with van der Waals surface area (Å²) in [6.07, 6.45) is 0.485. The summed E-state index contributed by atoms with van der Waals surface area (Å²) in [5.74, 6) is -1.07. The van der Waals surface area contributed by atoms with Crippen LogP contribution in [0, 0.1) is 0 Å². The second-order valence-corrected chi connectivity index (χ2v) is 5.24. The van der Waals surface area contributed by atoms with Crippen LogP contribution in [0.25, 0.3) is 0 Å². The number of rotatable bonds is 5. The van der Waals surface area contributed by atoms with Gasteiger partial charge in [-0.3, -0.25) is 9.59 Å². The zero-order chi connectivity index (χ0) is 12.8. The van der Waals surface area contributed by atoms with Crippen LogP contribution >= 0.6 is 31.9 Å². The standard InChI is InChI=1S/C11H11Br2NO3/c12-8-4-7(5-9(13)6-8)11(17)14-3-1-2-10(15)16/h4-6H,1-3H2,(H,14,17)(H,15,16). The van der Waals surface area contributed by atoms with Crippen molar-refractivity contribution in [2.24, 2.45) is 0 Å². The Morgan fingerprint density at radius 3 is 2.29 bits per heavy atom. The van der Waals surface area contributed by atoms with E-state index in [9.17, 15) is 9.59 Å². The number of carbonyl (C=O) groups excluding carboxylic acids is 1. The van der Waals surface area contributed by atoms with Crippen LogP contribution in [0.4, 0.5) is 0 Å². The first-order valence-corrected chi connectivity index (χ1v) is 6.53. The second kappa shape index (κ2) is 6.76. The highest BCUT2D eigenvalue weighted by Crippen LogP contribution is 2.19. The fraction of sp³-hybridized carbons (Fsp3) is 0.273. The van der Waals surface area contributed by atoms with E-state index in [1.54, 1.807) is 12.1 Å². The van der Waals surface area contributed by atoms with Gasteiger partial charge in [0.1, 0.15) is 0 Å². The Hall–Kier alpha value is -0.880. The van der Waals surface area contributed by atoms with Crippen LogP contribution in [0.3, 0.4) is 0 Å². The maximum atomic E-state index is 11.7. The van der Waals surface area contributed by atoms with E-state index in [-0.39, 0.29) is 12.3 Å². The van der Waals surface area contributed by atoms with Gasteiger partial charge >= 0.3 is 5.97 Å². The fourth-order valence-electron chi connectivity index (χ4n) is 1.23. The van der Waals surface area contributed by atoms with Crippen LogP contribution in [0.2, 0.25) is 0 Å². The van der Waals surface area contributed by atoms with E-state index >= 15 is 0 Å². The summed E-state index contributed by atoms with van der Waals surface area (Å²) in [5, 5.41) is 11.1. The van der Waals surface area contributed by atoms with Crippen molar-refractivity contribution >= 4 is 43.7 Å². The molecular formula is C11H11Br2NO3. The highest BCUT2D eigenvalue weighted by atomic mass is 79.9. The Morgan fingerprint density at radius 1 is 1.18 bits per heavy atom. The molecule has 0 saturated carbocycles. The molecule has 2 N–H and O–H groups in total. The third kappa shape index (κ3) is 5.32. The minimum absolute atomic E-state index is 0.0580. The second-order valence-electron chi connectivity index (χ2n) is 3.41. The Bertz CT molecular complexity index is 414. The largest absolute Gasteiger partial charge is 0.481 e. The molecule has 0 aromatic heterocycles. The monoisotopic (exact) mass is 363 g/mol. The summed E-state index contributed by atoms with van der Waals surface area (Å²) in [7, 11) is 0. The van der Waals surface area contributed by atoms with E-state index in [0.29, 0.717) is 18.5 Å². The molecule has 4 nitrogen and oxygen atoms in total. The van der Waals surface area contributed by atoms with Crippen molar-refractivity contribution in [1.82, 2.24) is 5.32 Å². The van der Waals surface area contributed by atoms with Crippen molar-refractivity contribution < 1.29 is 14.7 Å². The minimum atomic E-state index is -0.857. The van der Waals surface area contributed by atoms with Crippen LogP contribution in [-0.4, -0.2) is 23.5 Å². The highest BCUT2D eigenvalue weighted by Gasteiger charge is 2.07. The summed E-state index contributed by atoms with van der Waals surface area (Å²) in [6.45, 7) is 0.356. The van der Waals surface area contributed by atoms with Crippen LogP contribution < -0.4 is 5.32 Å². The minimum Gasteiger partial charge on any atom is -0.481 e. The maximum absolute atomic E-state index is 11.7. The van der Waals surface area contributed by atoms with Crippen molar-refractivity contribution in [2.75, 3.05) is 6.54 Å². The quantitative estimate of drug-likeness (QED) is 0.789. The lowest BCUT2D eigenvalue weighted by atomic mass is 10.2. The number of hydrogen-bond acceptors (Lipinski definition) is 2. The van der Waals surface area contributed by atoms with Gasteiger partial charge < -0.3 is 10.4 Å². The van der Waals surface area contributed by atoms with Gasteiger partial charge in [-0.05, 0) is 24.6 Å². The number of amides is 1. The number of carboxylic acid groups (broad SMARTS) is 1. The van der Waals surface area contributed by atoms with Crippen molar-refractivity contribution in [3.8, 4) is 0 Å². The molecule has 0 saturated heterocycles. The number of carboxylic acids is 1. The fourth-order valence-corrected chi connectivity index (χ4v) is 2.52. The molecule has 0 aliphatic rings. The molecule has 1 rings (SSSR count). The Labute approximate surface area is 116 Å². The molecule has 0 fully saturated rings. The van der Waals surface area contributed by atoms with E-state index in [4.69, 9.17) is 5.11 Å². The number of nitrogens with one attached hydrogen (secondary N) is 1. The smallest absolute Gasteiger partial charge is 0.303 e. The molecule has 0 bridgehead atoms. The Kier molecular flexibility index (Phi) is 5.64. The Morgan fingerprint density at radius 2 is 1.76 bits per heavy atom. The van der Waals surface area contributed by atoms with Crippen molar-refractivity contribution in [1.29, 1.82) is 0 Å². The van der Waals surface area contributed by atoms with Gasteiger partial charge in [-0.2, -0.15) is 0 Å². The van der Waals surface area contributed by atoms with Crippen molar-refractivity contribution in [3.63, 3.8) is 0 Å². The molecule has 1 aromatic rings. The van der Waals surface area contributed by atoms with E-state index in [0.717, 1.165) is 8.95 Å². The SMILES string of the molecule is O=C(O)CCCNC(=O)c1cc(Br)cc(Br)c1. The number of halogens is 2. The van der Waals surface area contributed by atoms with Crippen LogP contribution in [0.15, 0.2) is 27.1 Å². The topological polar surface area (TPSA) is 66.4 Å².